The van der Waals surface area contributed by atoms with Crippen LogP contribution in [0.2, 0.25) is 0 Å². The van der Waals surface area contributed by atoms with Gasteiger partial charge in [0.05, 0.1) is 18.7 Å². The van der Waals surface area contributed by atoms with Crippen LogP contribution in [0.5, 0.6) is 0 Å². The van der Waals surface area contributed by atoms with Crippen LogP contribution < -0.4 is 0 Å². The number of likely N-dealkylation sites (tertiary alicyclic amines) is 1. The smallest absolute Gasteiger partial charge is 0.236 e. The first-order valence-corrected chi connectivity index (χ1v) is 9.04. The third-order valence-electron chi connectivity index (χ3n) is 5.11. The average Bonchev–Trinajstić information content (AvgIpc) is 2.64. The number of rotatable bonds is 4. The molecule has 3 rings (SSSR count). The van der Waals surface area contributed by atoms with Crippen molar-refractivity contribution in [3.63, 3.8) is 0 Å². The van der Waals surface area contributed by atoms with Crippen molar-refractivity contribution < 1.29 is 9.90 Å². The Kier molecular flexibility index (Phi) is 6.03. The Morgan fingerprint density at radius 3 is 2.56 bits per heavy atom. The summed E-state index contributed by atoms with van der Waals surface area (Å²) in [6, 6.07) is 11.9. The number of piperidine rings is 1. The molecule has 2 heterocycles. The molecule has 0 unspecified atom stereocenters. The second-order valence-corrected chi connectivity index (χ2v) is 6.89. The number of amides is 1. The van der Waals surface area contributed by atoms with Crippen LogP contribution in [-0.4, -0.2) is 77.6 Å². The topological polar surface area (TPSA) is 70.8 Å². The van der Waals surface area contributed by atoms with E-state index in [4.69, 9.17) is 0 Å². The zero-order valence-corrected chi connectivity index (χ0v) is 14.5. The molecule has 1 aromatic rings. The van der Waals surface area contributed by atoms with Crippen molar-refractivity contribution in [2.75, 3.05) is 45.8 Å². The lowest BCUT2D eigenvalue weighted by Crippen LogP contribution is -2.52. The lowest BCUT2D eigenvalue weighted by Gasteiger charge is -2.38. The molecule has 0 saturated carbocycles. The Morgan fingerprint density at radius 2 is 1.92 bits per heavy atom. The summed E-state index contributed by atoms with van der Waals surface area (Å²) in [7, 11) is 0. The van der Waals surface area contributed by atoms with Crippen molar-refractivity contribution in [2.24, 2.45) is 0 Å². The highest BCUT2D eigenvalue weighted by molar-refractivity contribution is 5.78. The van der Waals surface area contributed by atoms with Crippen LogP contribution in [0.4, 0.5) is 0 Å². The summed E-state index contributed by atoms with van der Waals surface area (Å²) in [4.78, 5) is 18.6. The van der Waals surface area contributed by atoms with Crippen LogP contribution in [0.3, 0.4) is 0 Å². The number of hydrogen-bond donors (Lipinski definition) is 1. The van der Waals surface area contributed by atoms with Crippen LogP contribution in [0.15, 0.2) is 30.3 Å². The van der Waals surface area contributed by atoms with Gasteiger partial charge in [-0.05, 0) is 24.9 Å². The SMILES string of the molecule is N#C[C@@H](c1ccccc1)N1CCN(C(=O)CN2CCC[C@@H](O)C2)CC1. The third-order valence-corrected chi connectivity index (χ3v) is 5.11. The molecule has 2 atom stereocenters. The predicted octanol–water partition coefficient (Wildman–Crippen LogP) is 0.852. The monoisotopic (exact) mass is 342 g/mol. The van der Waals surface area contributed by atoms with E-state index in [0.29, 0.717) is 39.3 Å². The van der Waals surface area contributed by atoms with Gasteiger partial charge >= 0.3 is 0 Å². The molecule has 134 valence electrons. The molecule has 0 aromatic heterocycles. The highest BCUT2D eigenvalue weighted by atomic mass is 16.3. The average molecular weight is 342 g/mol. The van der Waals surface area contributed by atoms with Gasteiger partial charge in [0, 0.05) is 32.7 Å². The number of carbonyl (C=O) groups excluding carboxylic acids is 1. The molecule has 0 bridgehead atoms. The fourth-order valence-electron chi connectivity index (χ4n) is 3.70. The number of hydrogen-bond acceptors (Lipinski definition) is 5. The zero-order valence-electron chi connectivity index (χ0n) is 14.5. The summed E-state index contributed by atoms with van der Waals surface area (Å²) in [5.74, 6) is 0.127. The first-order chi connectivity index (χ1) is 12.2. The molecule has 0 radical (unpaired) electrons. The number of benzene rings is 1. The maximum absolute atomic E-state index is 12.5. The van der Waals surface area contributed by atoms with Gasteiger partial charge in [-0.3, -0.25) is 14.6 Å². The van der Waals surface area contributed by atoms with E-state index >= 15 is 0 Å². The van der Waals surface area contributed by atoms with E-state index in [2.05, 4.69) is 11.0 Å². The lowest BCUT2D eigenvalue weighted by atomic mass is 10.1. The Labute approximate surface area is 149 Å². The summed E-state index contributed by atoms with van der Waals surface area (Å²) in [6.45, 7) is 4.59. The summed E-state index contributed by atoms with van der Waals surface area (Å²) in [5.41, 5.74) is 1.01. The normalized spacial score (nSPS) is 23.8. The fourth-order valence-corrected chi connectivity index (χ4v) is 3.70. The second-order valence-electron chi connectivity index (χ2n) is 6.89. The molecular formula is C19H26N4O2. The van der Waals surface area contributed by atoms with E-state index in [1.54, 1.807) is 0 Å². The summed E-state index contributed by atoms with van der Waals surface area (Å²) < 4.78 is 0. The Hall–Kier alpha value is -1.94. The van der Waals surface area contributed by atoms with Crippen molar-refractivity contribution in [3.05, 3.63) is 35.9 Å². The van der Waals surface area contributed by atoms with E-state index in [9.17, 15) is 15.2 Å². The van der Waals surface area contributed by atoms with E-state index in [0.717, 1.165) is 24.9 Å². The summed E-state index contributed by atoms with van der Waals surface area (Å²) in [6.07, 6.45) is 1.47. The molecule has 2 aliphatic heterocycles. The molecule has 25 heavy (non-hydrogen) atoms. The molecule has 2 fully saturated rings. The first kappa shape index (κ1) is 17.9. The molecule has 1 aromatic carbocycles. The Morgan fingerprint density at radius 1 is 1.20 bits per heavy atom. The van der Waals surface area contributed by atoms with E-state index in [-0.39, 0.29) is 18.1 Å². The quantitative estimate of drug-likeness (QED) is 0.878. The zero-order chi connectivity index (χ0) is 17.6. The van der Waals surface area contributed by atoms with Crippen LogP contribution in [0.25, 0.3) is 0 Å². The standard InChI is InChI=1S/C19H26N4O2/c20-13-18(16-5-2-1-3-6-16)22-9-11-23(12-10-22)19(25)15-21-8-4-7-17(24)14-21/h1-3,5-6,17-18,24H,4,7-12,14-15H2/t17-,18+/m1/s1. The minimum Gasteiger partial charge on any atom is -0.392 e. The van der Waals surface area contributed by atoms with Gasteiger partial charge in [0.25, 0.3) is 0 Å². The van der Waals surface area contributed by atoms with Gasteiger partial charge in [0.15, 0.2) is 0 Å². The van der Waals surface area contributed by atoms with Crippen molar-refractivity contribution in [1.29, 1.82) is 5.26 Å². The molecule has 2 saturated heterocycles. The summed E-state index contributed by atoms with van der Waals surface area (Å²) in [5, 5.41) is 19.3. The van der Waals surface area contributed by atoms with Gasteiger partial charge in [0.2, 0.25) is 5.91 Å². The molecule has 2 aliphatic rings. The van der Waals surface area contributed by atoms with Crippen LogP contribution >= 0.6 is 0 Å². The lowest BCUT2D eigenvalue weighted by molar-refractivity contribution is -0.135. The minimum absolute atomic E-state index is 0.127. The highest BCUT2D eigenvalue weighted by Crippen LogP contribution is 2.21. The third kappa shape index (κ3) is 4.57. The number of aliphatic hydroxyl groups excluding tert-OH is 1. The number of carbonyl (C=O) groups is 1. The van der Waals surface area contributed by atoms with Crippen LogP contribution in [0, 0.1) is 11.3 Å². The molecule has 6 nitrogen and oxygen atoms in total. The fraction of sp³-hybridized carbons (Fsp3) is 0.579. The van der Waals surface area contributed by atoms with Crippen molar-refractivity contribution in [3.8, 4) is 6.07 Å². The van der Waals surface area contributed by atoms with Crippen LogP contribution in [0.1, 0.15) is 24.4 Å². The maximum Gasteiger partial charge on any atom is 0.236 e. The van der Waals surface area contributed by atoms with Crippen LogP contribution in [-0.2, 0) is 4.79 Å². The number of aliphatic hydroxyl groups is 1. The minimum atomic E-state index is -0.305. The van der Waals surface area contributed by atoms with Gasteiger partial charge in [0.1, 0.15) is 6.04 Å². The van der Waals surface area contributed by atoms with E-state index in [1.165, 1.54) is 0 Å². The van der Waals surface area contributed by atoms with E-state index < -0.39 is 0 Å². The molecule has 0 aliphatic carbocycles. The molecular weight excluding hydrogens is 316 g/mol. The van der Waals surface area contributed by atoms with Gasteiger partial charge in [-0.15, -0.1) is 0 Å². The van der Waals surface area contributed by atoms with Gasteiger partial charge < -0.3 is 10.0 Å². The molecule has 0 spiro atoms. The number of piperazine rings is 1. The van der Waals surface area contributed by atoms with Crippen molar-refractivity contribution in [2.45, 2.75) is 25.0 Å². The Balaban J connectivity index is 1.51. The number of nitrogens with zero attached hydrogens (tertiary/aromatic N) is 4. The molecule has 6 heteroatoms. The van der Waals surface area contributed by atoms with Gasteiger partial charge in [-0.1, -0.05) is 30.3 Å². The highest BCUT2D eigenvalue weighted by Gasteiger charge is 2.28. The first-order valence-electron chi connectivity index (χ1n) is 9.04. The molecule has 1 N–H and O–H groups in total. The predicted molar refractivity (Wildman–Crippen MR) is 94.6 cm³/mol. The van der Waals surface area contributed by atoms with Crippen molar-refractivity contribution in [1.82, 2.24) is 14.7 Å². The van der Waals surface area contributed by atoms with Crippen molar-refractivity contribution >= 4 is 5.91 Å². The number of nitriles is 1. The Bertz CT molecular complexity index is 608. The maximum atomic E-state index is 12.5. The second kappa shape index (κ2) is 8.43. The van der Waals surface area contributed by atoms with Gasteiger partial charge in [-0.2, -0.15) is 5.26 Å². The van der Waals surface area contributed by atoms with Gasteiger partial charge in [-0.25, -0.2) is 0 Å². The number of β-amino-alcohol motifs (C(OH)–C–C–N with tert-alkyl or cyclic N) is 1. The van der Waals surface area contributed by atoms with E-state index in [1.807, 2.05) is 40.1 Å². The largest absolute Gasteiger partial charge is 0.392 e. The summed E-state index contributed by atoms with van der Waals surface area (Å²) >= 11 is 0. The molecule has 1 amide bonds.